The molecule has 0 saturated heterocycles. The van der Waals surface area contributed by atoms with E-state index in [2.05, 4.69) is 12.6 Å². The molecule has 2 nitrogen and oxygen atoms in total. The molecule has 0 bridgehead atoms. The molecular weight excluding hydrogens is 179 g/mol. The van der Waals surface area contributed by atoms with Gasteiger partial charge in [0.1, 0.15) is 5.82 Å². The molecular formula is C8H7FO2S. The molecule has 0 aromatic heterocycles. The average molecular weight is 186 g/mol. The highest BCUT2D eigenvalue weighted by Gasteiger charge is 2.03. The number of thiol groups is 1. The summed E-state index contributed by atoms with van der Waals surface area (Å²) in [7, 11) is 0. The van der Waals surface area contributed by atoms with Gasteiger partial charge in [-0.05, 0) is 17.7 Å². The van der Waals surface area contributed by atoms with Gasteiger partial charge in [-0.2, -0.15) is 0 Å². The van der Waals surface area contributed by atoms with Gasteiger partial charge in [0.05, 0.1) is 6.42 Å². The fourth-order valence-corrected chi connectivity index (χ4v) is 0.974. The molecule has 0 aliphatic heterocycles. The minimum Gasteiger partial charge on any atom is -0.481 e. The number of benzene rings is 1. The lowest BCUT2D eigenvalue weighted by Gasteiger charge is -1.98. The zero-order valence-electron chi connectivity index (χ0n) is 6.12. The van der Waals surface area contributed by atoms with E-state index < -0.39 is 11.8 Å². The maximum Gasteiger partial charge on any atom is 0.307 e. The van der Waals surface area contributed by atoms with Crippen LogP contribution in [0.25, 0.3) is 0 Å². The summed E-state index contributed by atoms with van der Waals surface area (Å²) in [6.45, 7) is 0. The minimum absolute atomic E-state index is 0.162. The SMILES string of the molecule is O=C(O)Cc1ccc(S)c(F)c1. The normalized spacial score (nSPS) is 9.83. The van der Waals surface area contributed by atoms with E-state index in [1.54, 1.807) is 6.07 Å². The average Bonchev–Trinajstić information content (AvgIpc) is 1.96. The van der Waals surface area contributed by atoms with E-state index in [1.165, 1.54) is 12.1 Å². The van der Waals surface area contributed by atoms with Crippen LogP contribution < -0.4 is 0 Å². The van der Waals surface area contributed by atoms with Crippen molar-refractivity contribution in [2.45, 2.75) is 11.3 Å². The third-order valence-corrected chi connectivity index (χ3v) is 1.73. The molecule has 64 valence electrons. The van der Waals surface area contributed by atoms with E-state index in [4.69, 9.17) is 5.11 Å². The fraction of sp³-hybridized carbons (Fsp3) is 0.125. The molecule has 1 N–H and O–H groups in total. The molecule has 0 spiro atoms. The molecule has 1 aromatic carbocycles. The Morgan fingerprint density at radius 1 is 1.58 bits per heavy atom. The van der Waals surface area contributed by atoms with Crippen LogP contribution in [-0.2, 0) is 11.2 Å². The molecule has 0 radical (unpaired) electrons. The molecule has 0 unspecified atom stereocenters. The number of carboxylic acid groups (broad SMARTS) is 1. The van der Waals surface area contributed by atoms with E-state index in [0.29, 0.717) is 5.56 Å². The van der Waals surface area contributed by atoms with E-state index in [0.717, 1.165) is 0 Å². The van der Waals surface area contributed by atoms with Gasteiger partial charge in [0.15, 0.2) is 0 Å². The fourth-order valence-electron chi connectivity index (χ4n) is 0.835. The van der Waals surface area contributed by atoms with Gasteiger partial charge >= 0.3 is 5.97 Å². The summed E-state index contributed by atoms with van der Waals surface area (Å²) < 4.78 is 12.8. The van der Waals surface area contributed by atoms with E-state index in [9.17, 15) is 9.18 Å². The summed E-state index contributed by atoms with van der Waals surface area (Å²) in [6, 6.07) is 4.16. The third kappa shape index (κ3) is 2.23. The summed E-state index contributed by atoms with van der Waals surface area (Å²) in [6.07, 6.45) is -0.162. The van der Waals surface area contributed by atoms with Crippen molar-refractivity contribution in [3.05, 3.63) is 29.6 Å². The molecule has 0 aliphatic carbocycles. The van der Waals surface area contributed by atoms with Gasteiger partial charge in [0, 0.05) is 4.90 Å². The zero-order valence-corrected chi connectivity index (χ0v) is 7.01. The third-order valence-electron chi connectivity index (χ3n) is 1.37. The van der Waals surface area contributed by atoms with E-state index in [-0.39, 0.29) is 11.3 Å². The van der Waals surface area contributed by atoms with Crippen molar-refractivity contribution >= 4 is 18.6 Å². The predicted octanol–water partition coefficient (Wildman–Crippen LogP) is 1.74. The Hall–Kier alpha value is -1.03. The second kappa shape index (κ2) is 3.58. The smallest absolute Gasteiger partial charge is 0.307 e. The van der Waals surface area contributed by atoms with Crippen LogP contribution in [0.3, 0.4) is 0 Å². The van der Waals surface area contributed by atoms with Crippen LogP contribution in [0.15, 0.2) is 23.1 Å². The van der Waals surface area contributed by atoms with Crippen LogP contribution in [0.2, 0.25) is 0 Å². The highest BCUT2D eigenvalue weighted by Crippen LogP contribution is 2.13. The van der Waals surface area contributed by atoms with Gasteiger partial charge in [-0.3, -0.25) is 4.79 Å². The molecule has 4 heteroatoms. The van der Waals surface area contributed by atoms with Gasteiger partial charge in [-0.25, -0.2) is 4.39 Å². The van der Waals surface area contributed by atoms with Gasteiger partial charge in [0.25, 0.3) is 0 Å². The van der Waals surface area contributed by atoms with Crippen molar-refractivity contribution in [1.82, 2.24) is 0 Å². The quantitative estimate of drug-likeness (QED) is 0.690. The lowest BCUT2D eigenvalue weighted by Crippen LogP contribution is -2.00. The molecule has 0 heterocycles. The number of hydrogen-bond acceptors (Lipinski definition) is 2. The molecule has 0 aliphatic rings. The summed E-state index contributed by atoms with van der Waals surface area (Å²) in [5, 5.41) is 8.39. The number of carboxylic acids is 1. The Morgan fingerprint density at radius 3 is 2.75 bits per heavy atom. The van der Waals surface area contributed by atoms with Crippen LogP contribution in [0.4, 0.5) is 4.39 Å². The lowest BCUT2D eigenvalue weighted by atomic mass is 10.1. The van der Waals surface area contributed by atoms with Crippen molar-refractivity contribution < 1.29 is 14.3 Å². The first-order valence-corrected chi connectivity index (χ1v) is 3.73. The summed E-state index contributed by atoms with van der Waals surface area (Å²) >= 11 is 3.81. The Balaban J connectivity index is 2.89. The first-order chi connectivity index (χ1) is 5.59. The van der Waals surface area contributed by atoms with E-state index >= 15 is 0 Å². The van der Waals surface area contributed by atoms with Crippen molar-refractivity contribution in [2.75, 3.05) is 0 Å². The Bertz CT molecular complexity index is 312. The molecule has 12 heavy (non-hydrogen) atoms. The topological polar surface area (TPSA) is 37.3 Å². The lowest BCUT2D eigenvalue weighted by molar-refractivity contribution is -0.136. The minimum atomic E-state index is -0.971. The molecule has 1 rings (SSSR count). The molecule has 1 aromatic rings. The second-order valence-corrected chi connectivity index (χ2v) is 2.84. The number of rotatable bonds is 2. The number of hydrogen-bond donors (Lipinski definition) is 2. The molecule has 0 fully saturated rings. The number of aliphatic carboxylic acids is 1. The van der Waals surface area contributed by atoms with Crippen molar-refractivity contribution in [1.29, 1.82) is 0 Å². The highest BCUT2D eigenvalue weighted by molar-refractivity contribution is 7.80. The second-order valence-electron chi connectivity index (χ2n) is 2.36. The highest BCUT2D eigenvalue weighted by atomic mass is 32.1. The predicted molar refractivity (Wildman–Crippen MR) is 45.0 cm³/mol. The Kier molecular flexibility index (Phi) is 2.70. The summed E-state index contributed by atoms with van der Waals surface area (Å²) in [5.74, 6) is -1.46. The molecule has 0 saturated carbocycles. The van der Waals surface area contributed by atoms with Gasteiger partial charge in [-0.15, -0.1) is 12.6 Å². The van der Waals surface area contributed by atoms with Gasteiger partial charge < -0.3 is 5.11 Å². The van der Waals surface area contributed by atoms with Crippen molar-refractivity contribution in [2.24, 2.45) is 0 Å². The van der Waals surface area contributed by atoms with Crippen LogP contribution in [0, 0.1) is 5.82 Å². The van der Waals surface area contributed by atoms with Crippen molar-refractivity contribution in [3.8, 4) is 0 Å². The van der Waals surface area contributed by atoms with Crippen molar-refractivity contribution in [3.63, 3.8) is 0 Å². The first-order valence-electron chi connectivity index (χ1n) is 3.29. The van der Waals surface area contributed by atoms with Gasteiger partial charge in [-0.1, -0.05) is 6.07 Å². The standard InChI is InChI=1S/C8H7FO2S/c9-6-3-5(4-8(10)11)1-2-7(6)12/h1-3,12H,4H2,(H,10,11). The van der Waals surface area contributed by atoms with Crippen LogP contribution in [0.5, 0.6) is 0 Å². The number of halogens is 1. The maximum absolute atomic E-state index is 12.8. The first kappa shape index (κ1) is 9.06. The van der Waals surface area contributed by atoms with E-state index in [1.807, 2.05) is 0 Å². The van der Waals surface area contributed by atoms with Crippen LogP contribution >= 0.6 is 12.6 Å². The van der Waals surface area contributed by atoms with Gasteiger partial charge in [0.2, 0.25) is 0 Å². The largest absolute Gasteiger partial charge is 0.481 e. The summed E-state index contributed by atoms with van der Waals surface area (Å²) in [4.78, 5) is 10.4. The Labute approximate surface area is 74.4 Å². The van der Waals surface area contributed by atoms with Crippen LogP contribution in [0.1, 0.15) is 5.56 Å². The molecule has 0 atom stereocenters. The Morgan fingerprint density at radius 2 is 2.25 bits per heavy atom. The monoisotopic (exact) mass is 186 g/mol. The summed E-state index contributed by atoms with van der Waals surface area (Å²) in [5.41, 5.74) is 0.442. The molecule has 0 amide bonds. The maximum atomic E-state index is 12.8. The zero-order chi connectivity index (χ0) is 9.14. The van der Waals surface area contributed by atoms with Crippen LogP contribution in [-0.4, -0.2) is 11.1 Å². The number of carbonyl (C=O) groups is 1.